The molecule has 0 aliphatic heterocycles. The number of imidazole rings is 1. The Kier molecular flexibility index (Phi) is 6.44. The Bertz CT molecular complexity index is 1020. The van der Waals surface area contributed by atoms with Crippen LogP contribution in [0.1, 0.15) is 34.5 Å². The highest BCUT2D eigenvalue weighted by Gasteiger charge is 2.17. The number of rotatable bonds is 8. The molecule has 0 saturated carbocycles. The van der Waals surface area contributed by atoms with E-state index < -0.39 is 0 Å². The topological polar surface area (TPSA) is 60.1 Å². The smallest absolute Gasteiger partial charge is 0.253 e. The summed E-state index contributed by atoms with van der Waals surface area (Å²) in [6.07, 6.45) is 4.87. The molecule has 2 aromatic heterocycles. The third kappa shape index (κ3) is 5.09. The molecular formula is C23H28N4O2. The van der Waals surface area contributed by atoms with Crippen LogP contribution in [-0.4, -0.2) is 45.4 Å². The van der Waals surface area contributed by atoms with Gasteiger partial charge in [0, 0.05) is 43.5 Å². The molecule has 1 aromatic carbocycles. The molecule has 0 bridgehead atoms. The zero-order chi connectivity index (χ0) is 21.0. The average molecular weight is 393 g/mol. The number of carbonyl (C=O) groups is 1. The fraction of sp³-hybridized carbons (Fsp3) is 0.348. The van der Waals surface area contributed by atoms with Gasteiger partial charge < -0.3 is 14.0 Å². The fourth-order valence-electron chi connectivity index (χ4n) is 3.37. The van der Waals surface area contributed by atoms with Gasteiger partial charge in [-0.1, -0.05) is 30.3 Å². The highest BCUT2D eigenvalue weighted by molar-refractivity contribution is 5.94. The summed E-state index contributed by atoms with van der Waals surface area (Å²) < 4.78 is 3.55. The molecule has 0 spiro atoms. The van der Waals surface area contributed by atoms with Crippen LogP contribution in [0.15, 0.2) is 53.6 Å². The first kappa shape index (κ1) is 20.7. The number of aryl methyl sites for hydroxylation is 2. The lowest BCUT2D eigenvalue weighted by molar-refractivity contribution is 0.0973. The van der Waals surface area contributed by atoms with Gasteiger partial charge in [0.15, 0.2) is 5.78 Å². The van der Waals surface area contributed by atoms with E-state index >= 15 is 0 Å². The van der Waals surface area contributed by atoms with Gasteiger partial charge in [-0.2, -0.15) is 0 Å². The second-order valence-electron chi connectivity index (χ2n) is 7.72. The number of pyridine rings is 1. The van der Waals surface area contributed by atoms with Crippen LogP contribution in [0.4, 0.5) is 0 Å². The van der Waals surface area contributed by atoms with E-state index in [1.807, 2.05) is 61.3 Å². The van der Waals surface area contributed by atoms with Gasteiger partial charge in [0.2, 0.25) is 0 Å². The molecule has 0 atom stereocenters. The molecular weight excluding hydrogens is 364 g/mol. The Labute approximate surface area is 171 Å². The summed E-state index contributed by atoms with van der Waals surface area (Å²) in [5.41, 5.74) is 3.04. The van der Waals surface area contributed by atoms with Crippen molar-refractivity contribution in [3.63, 3.8) is 0 Å². The maximum Gasteiger partial charge on any atom is 0.253 e. The van der Waals surface area contributed by atoms with Crippen LogP contribution in [0.5, 0.6) is 0 Å². The van der Waals surface area contributed by atoms with Crippen LogP contribution in [0.25, 0.3) is 11.4 Å². The van der Waals surface area contributed by atoms with Crippen molar-refractivity contribution in [1.82, 2.24) is 19.0 Å². The first-order valence-corrected chi connectivity index (χ1v) is 9.82. The molecule has 0 saturated heterocycles. The van der Waals surface area contributed by atoms with Gasteiger partial charge >= 0.3 is 0 Å². The number of aromatic nitrogens is 3. The second kappa shape index (κ2) is 9.01. The number of ketones is 1. The van der Waals surface area contributed by atoms with Crippen LogP contribution in [0.2, 0.25) is 0 Å². The lowest BCUT2D eigenvalue weighted by Gasteiger charge is -2.10. The summed E-state index contributed by atoms with van der Waals surface area (Å²) >= 11 is 0. The van der Waals surface area contributed by atoms with Crippen LogP contribution in [0, 0.1) is 6.92 Å². The predicted octanol–water partition coefficient (Wildman–Crippen LogP) is 3.13. The number of carbonyl (C=O) groups excluding carboxylic acids is 1. The molecule has 0 N–H and O–H groups in total. The monoisotopic (exact) mass is 392 g/mol. The molecule has 3 rings (SSSR count). The van der Waals surface area contributed by atoms with Gasteiger partial charge in [-0.15, -0.1) is 0 Å². The van der Waals surface area contributed by atoms with Crippen LogP contribution in [-0.2, 0) is 13.6 Å². The van der Waals surface area contributed by atoms with E-state index in [9.17, 15) is 9.59 Å². The van der Waals surface area contributed by atoms with Crippen molar-refractivity contribution in [1.29, 1.82) is 0 Å². The molecule has 0 aliphatic rings. The van der Waals surface area contributed by atoms with E-state index in [1.165, 1.54) is 0 Å². The number of Topliss-reactive ketones (excluding diaryl/α,β-unsaturated/α-hetero) is 1. The molecule has 0 aliphatic carbocycles. The molecule has 0 radical (unpaired) electrons. The third-order valence-corrected chi connectivity index (χ3v) is 4.89. The highest BCUT2D eigenvalue weighted by atomic mass is 16.1. The van der Waals surface area contributed by atoms with Crippen molar-refractivity contribution in [2.24, 2.45) is 7.05 Å². The minimum atomic E-state index is -0.0325. The van der Waals surface area contributed by atoms with E-state index in [-0.39, 0.29) is 11.3 Å². The number of hydrogen-bond donors (Lipinski definition) is 0. The summed E-state index contributed by atoms with van der Waals surface area (Å²) in [5.74, 6) is 0.741. The van der Waals surface area contributed by atoms with E-state index in [4.69, 9.17) is 0 Å². The first-order valence-electron chi connectivity index (χ1n) is 9.82. The van der Waals surface area contributed by atoms with E-state index in [0.717, 1.165) is 24.1 Å². The van der Waals surface area contributed by atoms with Crippen molar-refractivity contribution in [3.8, 4) is 11.4 Å². The molecule has 3 aromatic rings. The standard InChI is InChI=1S/C23H28N4O2/c1-17-13-19(15-26(4)23(17)29)22-24-20(21(28)11-8-12-25(2)3)16-27(22)14-18-9-6-5-7-10-18/h5-7,9-10,13,15-16H,8,11-12,14H2,1-4H3. The third-order valence-electron chi connectivity index (χ3n) is 4.89. The van der Waals surface area contributed by atoms with Gasteiger partial charge in [-0.3, -0.25) is 9.59 Å². The van der Waals surface area contributed by atoms with E-state index in [0.29, 0.717) is 30.0 Å². The minimum absolute atomic E-state index is 0.0325. The summed E-state index contributed by atoms with van der Waals surface area (Å²) in [6.45, 7) is 3.27. The average Bonchev–Trinajstić information content (AvgIpc) is 3.10. The summed E-state index contributed by atoms with van der Waals surface area (Å²) in [4.78, 5) is 31.5. The number of benzene rings is 1. The molecule has 29 heavy (non-hydrogen) atoms. The Morgan fingerprint density at radius 3 is 2.52 bits per heavy atom. The van der Waals surface area contributed by atoms with Gasteiger partial charge in [-0.25, -0.2) is 4.98 Å². The normalized spacial score (nSPS) is 11.2. The molecule has 2 heterocycles. The zero-order valence-electron chi connectivity index (χ0n) is 17.6. The SMILES string of the molecule is Cc1cc(-c2nc(C(=O)CCCN(C)C)cn2Cc2ccccc2)cn(C)c1=O. The number of nitrogens with zero attached hydrogens (tertiary/aromatic N) is 4. The lowest BCUT2D eigenvalue weighted by Crippen LogP contribution is -2.18. The Morgan fingerprint density at radius 1 is 1.14 bits per heavy atom. The molecule has 152 valence electrons. The van der Waals surface area contributed by atoms with Gasteiger partial charge in [0.25, 0.3) is 5.56 Å². The summed E-state index contributed by atoms with van der Waals surface area (Å²) in [5, 5.41) is 0. The van der Waals surface area contributed by atoms with Gasteiger partial charge in [-0.05, 0) is 45.6 Å². The molecule has 6 heteroatoms. The van der Waals surface area contributed by atoms with Crippen LogP contribution >= 0.6 is 0 Å². The Hall–Kier alpha value is -2.99. The molecule has 0 fully saturated rings. The van der Waals surface area contributed by atoms with Gasteiger partial charge in [0.05, 0.1) is 0 Å². The molecule has 0 amide bonds. The largest absolute Gasteiger partial charge is 0.326 e. The lowest BCUT2D eigenvalue weighted by atomic mass is 10.2. The number of hydrogen-bond acceptors (Lipinski definition) is 4. The zero-order valence-corrected chi connectivity index (χ0v) is 17.6. The summed E-state index contributed by atoms with van der Waals surface area (Å²) in [7, 11) is 5.73. The van der Waals surface area contributed by atoms with Crippen molar-refractivity contribution >= 4 is 5.78 Å². The van der Waals surface area contributed by atoms with Crippen LogP contribution < -0.4 is 5.56 Å². The summed E-state index contributed by atoms with van der Waals surface area (Å²) in [6, 6.07) is 11.9. The highest BCUT2D eigenvalue weighted by Crippen LogP contribution is 2.21. The quantitative estimate of drug-likeness (QED) is 0.553. The van der Waals surface area contributed by atoms with Crippen molar-refractivity contribution in [2.75, 3.05) is 20.6 Å². The predicted molar refractivity (Wildman–Crippen MR) is 115 cm³/mol. The fourth-order valence-corrected chi connectivity index (χ4v) is 3.37. The van der Waals surface area contributed by atoms with Crippen molar-refractivity contribution in [3.05, 3.63) is 76.0 Å². The minimum Gasteiger partial charge on any atom is -0.326 e. The molecule has 6 nitrogen and oxygen atoms in total. The van der Waals surface area contributed by atoms with Crippen molar-refractivity contribution < 1.29 is 4.79 Å². The molecule has 0 unspecified atom stereocenters. The first-order chi connectivity index (χ1) is 13.8. The maximum atomic E-state index is 12.7. The second-order valence-corrected chi connectivity index (χ2v) is 7.72. The van der Waals surface area contributed by atoms with E-state index in [1.54, 1.807) is 24.7 Å². The Morgan fingerprint density at radius 2 is 1.86 bits per heavy atom. The van der Waals surface area contributed by atoms with E-state index in [2.05, 4.69) is 9.88 Å². The van der Waals surface area contributed by atoms with Crippen LogP contribution in [0.3, 0.4) is 0 Å². The van der Waals surface area contributed by atoms with Crippen molar-refractivity contribution in [2.45, 2.75) is 26.3 Å². The Balaban J connectivity index is 1.97. The van der Waals surface area contributed by atoms with Gasteiger partial charge in [0.1, 0.15) is 11.5 Å². The maximum absolute atomic E-state index is 12.7.